The highest BCUT2D eigenvalue weighted by atomic mass is 16.5. The van der Waals surface area contributed by atoms with Crippen molar-refractivity contribution in [3.05, 3.63) is 17.3 Å². The molecule has 6 heteroatoms. The Balaban J connectivity index is 1.69. The Morgan fingerprint density at radius 3 is 3.05 bits per heavy atom. The first kappa shape index (κ1) is 14.5. The molecule has 1 saturated heterocycles. The predicted molar refractivity (Wildman–Crippen MR) is 77.1 cm³/mol. The minimum atomic E-state index is -0.106. The molecule has 0 aliphatic carbocycles. The molecule has 21 heavy (non-hydrogen) atoms. The lowest BCUT2D eigenvalue weighted by Crippen LogP contribution is -2.31. The minimum absolute atomic E-state index is 0.106. The highest BCUT2D eigenvalue weighted by molar-refractivity contribution is 5.90. The maximum Gasteiger partial charge on any atom is 0.309 e. The summed E-state index contributed by atoms with van der Waals surface area (Å²) in [5.41, 5.74) is 0.931. The van der Waals surface area contributed by atoms with Crippen molar-refractivity contribution in [3.8, 4) is 0 Å². The van der Waals surface area contributed by atoms with Crippen molar-refractivity contribution in [1.82, 2.24) is 14.8 Å². The van der Waals surface area contributed by atoms with Crippen molar-refractivity contribution >= 4 is 5.91 Å². The molecular formula is C15H23N3O3. The molecule has 0 N–H and O–H groups in total. The number of carbonyl (C=O) groups excluding carboxylic acids is 1. The highest BCUT2D eigenvalue weighted by Gasteiger charge is 2.31. The fourth-order valence-corrected chi connectivity index (χ4v) is 3.09. The fraction of sp³-hybridized carbons (Fsp3) is 0.733. The van der Waals surface area contributed by atoms with E-state index >= 15 is 0 Å². The molecule has 1 atom stereocenters. The number of oxazole rings is 1. The SMILES string of the molecule is CCCN1CCc2oc(C(=O)N3CC[C@@H](OC)C3)nc2C1. The average molecular weight is 293 g/mol. The molecule has 0 spiro atoms. The van der Waals surface area contributed by atoms with Crippen LogP contribution in [0.4, 0.5) is 0 Å². The number of carbonyl (C=O) groups is 1. The maximum absolute atomic E-state index is 12.4. The molecule has 0 unspecified atom stereocenters. The predicted octanol–water partition coefficient (Wildman–Crippen LogP) is 1.30. The first-order chi connectivity index (χ1) is 10.2. The first-order valence-corrected chi connectivity index (χ1v) is 7.74. The number of amides is 1. The van der Waals surface area contributed by atoms with Crippen LogP contribution in [0.5, 0.6) is 0 Å². The number of methoxy groups -OCH3 is 1. The van der Waals surface area contributed by atoms with Gasteiger partial charge in [0.05, 0.1) is 11.8 Å². The average Bonchev–Trinajstić information content (AvgIpc) is 3.13. The van der Waals surface area contributed by atoms with Crippen LogP contribution < -0.4 is 0 Å². The van der Waals surface area contributed by atoms with Crippen LogP contribution in [0.1, 0.15) is 41.9 Å². The monoisotopic (exact) mass is 293 g/mol. The zero-order chi connectivity index (χ0) is 14.8. The summed E-state index contributed by atoms with van der Waals surface area (Å²) in [6.45, 7) is 6.36. The summed E-state index contributed by atoms with van der Waals surface area (Å²) >= 11 is 0. The minimum Gasteiger partial charge on any atom is -0.437 e. The number of aromatic nitrogens is 1. The van der Waals surface area contributed by atoms with Crippen LogP contribution in [-0.4, -0.2) is 60.1 Å². The Bertz CT molecular complexity index is 514. The molecule has 0 aromatic carbocycles. The van der Waals surface area contributed by atoms with E-state index in [1.165, 1.54) is 0 Å². The van der Waals surface area contributed by atoms with Gasteiger partial charge in [-0.1, -0.05) is 6.92 Å². The van der Waals surface area contributed by atoms with Gasteiger partial charge in [-0.15, -0.1) is 0 Å². The van der Waals surface area contributed by atoms with Crippen molar-refractivity contribution in [2.45, 2.75) is 38.8 Å². The van der Waals surface area contributed by atoms with Crippen LogP contribution in [0.2, 0.25) is 0 Å². The van der Waals surface area contributed by atoms with E-state index in [2.05, 4.69) is 16.8 Å². The molecule has 1 fully saturated rings. The molecule has 6 nitrogen and oxygen atoms in total. The summed E-state index contributed by atoms with van der Waals surface area (Å²) in [4.78, 5) is 21.0. The zero-order valence-electron chi connectivity index (χ0n) is 12.8. The third-order valence-electron chi connectivity index (χ3n) is 4.30. The van der Waals surface area contributed by atoms with E-state index in [1.54, 1.807) is 12.0 Å². The maximum atomic E-state index is 12.4. The molecule has 0 saturated carbocycles. The summed E-state index contributed by atoms with van der Waals surface area (Å²) in [6.07, 6.45) is 2.99. The van der Waals surface area contributed by atoms with Crippen LogP contribution in [0, 0.1) is 0 Å². The summed E-state index contributed by atoms with van der Waals surface area (Å²) in [6, 6.07) is 0. The number of hydrogen-bond acceptors (Lipinski definition) is 5. The Morgan fingerprint density at radius 2 is 2.33 bits per heavy atom. The fourth-order valence-electron chi connectivity index (χ4n) is 3.09. The summed E-state index contributed by atoms with van der Waals surface area (Å²) in [5, 5.41) is 0. The van der Waals surface area contributed by atoms with Gasteiger partial charge in [0, 0.05) is 39.7 Å². The quantitative estimate of drug-likeness (QED) is 0.837. The topological polar surface area (TPSA) is 58.8 Å². The Labute approximate surface area is 125 Å². The largest absolute Gasteiger partial charge is 0.437 e. The third kappa shape index (κ3) is 2.96. The van der Waals surface area contributed by atoms with E-state index in [4.69, 9.17) is 9.15 Å². The lowest BCUT2D eigenvalue weighted by atomic mass is 10.1. The van der Waals surface area contributed by atoms with E-state index in [1.807, 2.05) is 0 Å². The van der Waals surface area contributed by atoms with Crippen LogP contribution in [-0.2, 0) is 17.7 Å². The van der Waals surface area contributed by atoms with E-state index < -0.39 is 0 Å². The van der Waals surface area contributed by atoms with Gasteiger partial charge in [0.1, 0.15) is 5.76 Å². The number of likely N-dealkylation sites (tertiary alicyclic amines) is 1. The van der Waals surface area contributed by atoms with Crippen LogP contribution >= 0.6 is 0 Å². The van der Waals surface area contributed by atoms with Crippen LogP contribution in [0.3, 0.4) is 0 Å². The molecule has 3 heterocycles. The smallest absolute Gasteiger partial charge is 0.309 e. The van der Waals surface area contributed by atoms with Gasteiger partial charge in [-0.3, -0.25) is 9.69 Å². The molecule has 0 radical (unpaired) electrons. The summed E-state index contributed by atoms with van der Waals surface area (Å²) in [5.74, 6) is 1.02. The van der Waals surface area contributed by atoms with Gasteiger partial charge in [0.2, 0.25) is 0 Å². The molecule has 1 aromatic rings. The van der Waals surface area contributed by atoms with Crippen molar-refractivity contribution in [1.29, 1.82) is 0 Å². The molecule has 116 valence electrons. The van der Waals surface area contributed by atoms with Crippen molar-refractivity contribution in [3.63, 3.8) is 0 Å². The van der Waals surface area contributed by atoms with Crippen LogP contribution in [0.15, 0.2) is 4.42 Å². The van der Waals surface area contributed by atoms with Gasteiger partial charge in [0.15, 0.2) is 0 Å². The Kier molecular flexibility index (Phi) is 4.26. The second kappa shape index (κ2) is 6.15. The normalized spacial score (nSPS) is 22.6. The number of ether oxygens (including phenoxy) is 1. The van der Waals surface area contributed by atoms with Crippen molar-refractivity contribution < 1.29 is 13.9 Å². The molecule has 2 aliphatic heterocycles. The lowest BCUT2D eigenvalue weighted by molar-refractivity contribution is 0.0687. The lowest BCUT2D eigenvalue weighted by Gasteiger charge is -2.24. The zero-order valence-corrected chi connectivity index (χ0v) is 12.8. The number of hydrogen-bond donors (Lipinski definition) is 0. The Morgan fingerprint density at radius 1 is 1.48 bits per heavy atom. The molecular weight excluding hydrogens is 270 g/mol. The van der Waals surface area contributed by atoms with E-state index in [-0.39, 0.29) is 17.9 Å². The molecule has 1 aromatic heterocycles. The van der Waals surface area contributed by atoms with Gasteiger partial charge < -0.3 is 14.1 Å². The van der Waals surface area contributed by atoms with Gasteiger partial charge in [0.25, 0.3) is 5.89 Å². The molecule has 1 amide bonds. The third-order valence-corrected chi connectivity index (χ3v) is 4.30. The Hall–Kier alpha value is -1.40. The second-order valence-electron chi connectivity index (χ2n) is 5.81. The van der Waals surface area contributed by atoms with Crippen LogP contribution in [0.25, 0.3) is 0 Å². The number of fused-ring (bicyclic) bond motifs is 1. The molecule has 0 bridgehead atoms. The summed E-state index contributed by atoms with van der Waals surface area (Å²) < 4.78 is 11.0. The van der Waals surface area contributed by atoms with E-state index in [9.17, 15) is 4.79 Å². The van der Waals surface area contributed by atoms with Gasteiger partial charge in [-0.2, -0.15) is 0 Å². The van der Waals surface area contributed by atoms with Crippen molar-refractivity contribution in [2.75, 3.05) is 33.3 Å². The van der Waals surface area contributed by atoms with E-state index in [0.717, 1.165) is 50.4 Å². The summed E-state index contributed by atoms with van der Waals surface area (Å²) in [7, 11) is 1.69. The first-order valence-electron chi connectivity index (χ1n) is 7.74. The van der Waals surface area contributed by atoms with Gasteiger partial charge >= 0.3 is 5.91 Å². The van der Waals surface area contributed by atoms with Gasteiger partial charge in [-0.25, -0.2) is 4.98 Å². The van der Waals surface area contributed by atoms with Gasteiger partial charge in [-0.05, 0) is 19.4 Å². The number of rotatable bonds is 4. The number of nitrogens with zero attached hydrogens (tertiary/aromatic N) is 3. The second-order valence-corrected chi connectivity index (χ2v) is 5.81. The van der Waals surface area contributed by atoms with Crippen molar-refractivity contribution in [2.24, 2.45) is 0 Å². The van der Waals surface area contributed by atoms with E-state index in [0.29, 0.717) is 13.1 Å². The molecule has 3 rings (SSSR count). The highest BCUT2D eigenvalue weighted by Crippen LogP contribution is 2.22. The standard InChI is InChI=1S/C15H23N3O3/c1-3-6-17-7-5-13-12(10-17)16-14(21-13)15(19)18-8-4-11(9-18)20-2/h11H,3-10H2,1-2H3/t11-/m1/s1. The molecule has 2 aliphatic rings.